The quantitative estimate of drug-likeness (QED) is 0.902. The van der Waals surface area contributed by atoms with Crippen molar-refractivity contribution in [2.45, 2.75) is 42.4 Å². The van der Waals surface area contributed by atoms with Crippen molar-refractivity contribution < 1.29 is 21.6 Å². The molecule has 0 aliphatic carbocycles. The second kappa shape index (κ2) is 5.50. The van der Waals surface area contributed by atoms with Gasteiger partial charge in [-0.3, -0.25) is 0 Å². The highest BCUT2D eigenvalue weighted by Gasteiger charge is 2.46. The number of benzene rings is 1. The van der Waals surface area contributed by atoms with Crippen molar-refractivity contribution in [2.24, 2.45) is 0 Å². The largest absolute Gasteiger partial charge is 0.417 e. The number of halogens is 3. The van der Waals surface area contributed by atoms with Gasteiger partial charge in [-0.25, -0.2) is 8.42 Å². The van der Waals surface area contributed by atoms with Crippen molar-refractivity contribution >= 4 is 10.0 Å². The number of nitrogens with zero attached hydrogens (tertiary/aromatic N) is 1. The third-order valence-electron chi connectivity index (χ3n) is 4.34. The number of sulfonamides is 1. The molecule has 122 valence electrons. The van der Waals surface area contributed by atoms with Crippen LogP contribution in [0.4, 0.5) is 13.2 Å². The van der Waals surface area contributed by atoms with Gasteiger partial charge in [0.1, 0.15) is 0 Å². The van der Waals surface area contributed by atoms with E-state index in [1.807, 2.05) is 0 Å². The molecule has 1 aromatic carbocycles. The van der Waals surface area contributed by atoms with Crippen molar-refractivity contribution in [3.63, 3.8) is 0 Å². The van der Waals surface area contributed by atoms with Crippen LogP contribution in [-0.4, -0.2) is 37.9 Å². The van der Waals surface area contributed by atoms with E-state index in [2.05, 4.69) is 5.32 Å². The summed E-state index contributed by atoms with van der Waals surface area (Å²) in [5.74, 6) is 0. The lowest BCUT2D eigenvalue weighted by molar-refractivity contribution is -0.139. The first-order chi connectivity index (χ1) is 10.3. The summed E-state index contributed by atoms with van der Waals surface area (Å²) in [7, 11) is -4.16. The molecule has 0 radical (unpaired) electrons. The van der Waals surface area contributed by atoms with Gasteiger partial charge in [0.15, 0.2) is 0 Å². The third-order valence-corrected chi connectivity index (χ3v) is 6.40. The number of hydrogen-bond acceptors (Lipinski definition) is 3. The molecule has 2 aliphatic heterocycles. The van der Waals surface area contributed by atoms with Gasteiger partial charge in [0.05, 0.1) is 10.5 Å². The third kappa shape index (κ3) is 2.63. The van der Waals surface area contributed by atoms with E-state index in [1.54, 1.807) is 0 Å². The van der Waals surface area contributed by atoms with Crippen LogP contribution in [0.5, 0.6) is 0 Å². The molecule has 1 N–H and O–H groups in total. The maximum atomic E-state index is 13.1. The maximum absolute atomic E-state index is 13.1. The summed E-state index contributed by atoms with van der Waals surface area (Å²) in [4.78, 5) is -0.638. The molecule has 22 heavy (non-hydrogen) atoms. The molecule has 0 saturated carbocycles. The topological polar surface area (TPSA) is 49.4 Å². The molecule has 2 bridgehead atoms. The normalized spacial score (nSPS) is 26.9. The van der Waals surface area contributed by atoms with Gasteiger partial charge in [0, 0.05) is 18.6 Å². The van der Waals surface area contributed by atoms with Gasteiger partial charge in [0.2, 0.25) is 10.0 Å². The Morgan fingerprint density at radius 2 is 1.77 bits per heavy atom. The van der Waals surface area contributed by atoms with Gasteiger partial charge >= 0.3 is 6.18 Å². The summed E-state index contributed by atoms with van der Waals surface area (Å²) >= 11 is 0. The molecule has 2 saturated heterocycles. The van der Waals surface area contributed by atoms with Crippen LogP contribution in [0.3, 0.4) is 0 Å². The number of rotatable bonds is 2. The lowest BCUT2D eigenvalue weighted by Crippen LogP contribution is -2.43. The van der Waals surface area contributed by atoms with Crippen molar-refractivity contribution in [2.75, 3.05) is 13.1 Å². The number of nitrogens with one attached hydrogen (secondary N) is 1. The summed E-state index contributed by atoms with van der Waals surface area (Å²) in [6.45, 7) is 1.18. The molecule has 8 heteroatoms. The van der Waals surface area contributed by atoms with Crippen LogP contribution in [0.15, 0.2) is 29.2 Å². The Labute approximate surface area is 127 Å². The van der Waals surface area contributed by atoms with E-state index in [1.165, 1.54) is 16.4 Å². The highest BCUT2D eigenvalue weighted by atomic mass is 32.2. The predicted octanol–water partition coefficient (Wildman–Crippen LogP) is 2.22. The summed E-state index contributed by atoms with van der Waals surface area (Å²) in [6.07, 6.45) is -2.67. The first-order valence-electron chi connectivity index (χ1n) is 7.22. The van der Waals surface area contributed by atoms with Crippen molar-refractivity contribution in [1.29, 1.82) is 0 Å². The summed E-state index contributed by atoms with van der Waals surface area (Å²) in [5.41, 5.74) is -1.09. The smallest absolute Gasteiger partial charge is 0.315 e. The molecule has 0 amide bonds. The fraction of sp³-hybridized carbons (Fsp3) is 0.571. The molecule has 2 fully saturated rings. The first kappa shape index (κ1) is 15.8. The van der Waals surface area contributed by atoms with Crippen molar-refractivity contribution in [1.82, 2.24) is 9.62 Å². The standard InChI is InChI=1S/C14H17F3N2O2S/c15-14(16,17)12-3-1-2-4-13(12)22(20,21)19-10-5-6-11(19)9-18-8-7-10/h1-4,10-11,18H,5-9H2. The minimum atomic E-state index is -4.69. The second-order valence-electron chi connectivity index (χ2n) is 5.71. The minimum Gasteiger partial charge on any atom is -0.315 e. The number of fused-ring (bicyclic) bond motifs is 2. The Morgan fingerprint density at radius 1 is 1.09 bits per heavy atom. The average Bonchev–Trinajstić information content (AvgIpc) is 2.72. The first-order valence-corrected chi connectivity index (χ1v) is 8.66. The lowest BCUT2D eigenvalue weighted by Gasteiger charge is -2.28. The van der Waals surface area contributed by atoms with E-state index in [9.17, 15) is 21.6 Å². The fourth-order valence-corrected chi connectivity index (χ4v) is 5.49. The lowest BCUT2D eigenvalue weighted by atomic mass is 10.1. The zero-order chi connectivity index (χ0) is 16.0. The molecule has 4 nitrogen and oxygen atoms in total. The monoisotopic (exact) mass is 334 g/mol. The van der Waals surface area contributed by atoms with Gasteiger partial charge in [-0.15, -0.1) is 0 Å². The van der Waals surface area contributed by atoms with Gasteiger partial charge in [-0.05, 0) is 37.9 Å². The van der Waals surface area contributed by atoms with Gasteiger partial charge in [-0.1, -0.05) is 12.1 Å². The summed E-state index contributed by atoms with van der Waals surface area (Å²) < 4.78 is 66.5. The molecular weight excluding hydrogens is 317 g/mol. The minimum absolute atomic E-state index is 0.216. The number of alkyl halides is 3. The molecule has 0 aromatic heterocycles. The van der Waals surface area contributed by atoms with Crippen LogP contribution >= 0.6 is 0 Å². The Morgan fingerprint density at radius 3 is 2.50 bits per heavy atom. The van der Waals surface area contributed by atoms with E-state index in [0.29, 0.717) is 32.4 Å². The van der Waals surface area contributed by atoms with E-state index in [4.69, 9.17) is 0 Å². The van der Waals surface area contributed by atoms with E-state index < -0.39 is 26.7 Å². The predicted molar refractivity (Wildman–Crippen MR) is 74.8 cm³/mol. The van der Waals surface area contributed by atoms with Crippen LogP contribution in [-0.2, 0) is 16.2 Å². The van der Waals surface area contributed by atoms with Crippen LogP contribution in [0.2, 0.25) is 0 Å². The Balaban J connectivity index is 2.08. The fourth-order valence-electron chi connectivity index (χ4n) is 3.37. The molecule has 2 aliphatic rings. The Kier molecular flexibility index (Phi) is 3.94. The molecule has 2 unspecified atom stereocenters. The van der Waals surface area contributed by atoms with Gasteiger partial charge in [-0.2, -0.15) is 17.5 Å². The van der Waals surface area contributed by atoms with Crippen LogP contribution in [0.25, 0.3) is 0 Å². The van der Waals surface area contributed by atoms with Crippen LogP contribution in [0.1, 0.15) is 24.8 Å². The zero-order valence-corrected chi connectivity index (χ0v) is 12.6. The second-order valence-corrected chi connectivity index (χ2v) is 7.52. The maximum Gasteiger partial charge on any atom is 0.417 e. The van der Waals surface area contributed by atoms with Crippen molar-refractivity contribution in [3.05, 3.63) is 29.8 Å². The van der Waals surface area contributed by atoms with Gasteiger partial charge < -0.3 is 5.32 Å². The highest BCUT2D eigenvalue weighted by Crippen LogP contribution is 2.39. The Hall–Kier alpha value is -1.12. The number of hydrogen-bond donors (Lipinski definition) is 1. The molecule has 3 rings (SSSR count). The van der Waals surface area contributed by atoms with Crippen LogP contribution < -0.4 is 5.32 Å². The Bertz CT molecular complexity index is 646. The average molecular weight is 334 g/mol. The van der Waals surface area contributed by atoms with E-state index >= 15 is 0 Å². The summed E-state index contributed by atoms with van der Waals surface area (Å²) in [5, 5.41) is 3.15. The van der Waals surface area contributed by atoms with E-state index in [-0.39, 0.29) is 12.1 Å². The summed E-state index contributed by atoms with van der Waals surface area (Å²) in [6, 6.07) is 3.94. The van der Waals surface area contributed by atoms with Gasteiger partial charge in [0.25, 0.3) is 0 Å². The van der Waals surface area contributed by atoms with E-state index in [0.717, 1.165) is 12.1 Å². The van der Waals surface area contributed by atoms with Crippen molar-refractivity contribution in [3.8, 4) is 0 Å². The molecular formula is C14H17F3N2O2S. The molecule has 1 aromatic rings. The molecule has 2 atom stereocenters. The highest BCUT2D eigenvalue weighted by molar-refractivity contribution is 7.89. The van der Waals surface area contributed by atoms with Crippen LogP contribution in [0, 0.1) is 0 Å². The SMILES string of the molecule is O=S(=O)(c1ccccc1C(F)(F)F)N1C2CCNCC1CC2. The molecule has 0 spiro atoms. The molecule has 2 heterocycles. The zero-order valence-electron chi connectivity index (χ0n) is 11.8.